The molecule has 1 aromatic carbocycles. The van der Waals surface area contributed by atoms with E-state index in [1.807, 2.05) is 23.3 Å². The summed E-state index contributed by atoms with van der Waals surface area (Å²) in [6, 6.07) is 13.3. The lowest BCUT2D eigenvalue weighted by Crippen LogP contribution is -2.42. The van der Waals surface area contributed by atoms with E-state index in [4.69, 9.17) is 0 Å². The van der Waals surface area contributed by atoms with Crippen molar-refractivity contribution in [1.29, 1.82) is 0 Å². The first kappa shape index (κ1) is 21.8. The number of hydrogen-bond acceptors (Lipinski definition) is 4. The van der Waals surface area contributed by atoms with Crippen molar-refractivity contribution < 1.29 is 4.79 Å². The Morgan fingerprint density at radius 2 is 1.84 bits per heavy atom. The lowest BCUT2D eigenvalue weighted by molar-refractivity contribution is -0.128. The van der Waals surface area contributed by atoms with Gasteiger partial charge >= 0.3 is 0 Å². The van der Waals surface area contributed by atoms with Gasteiger partial charge in [0.05, 0.1) is 6.04 Å². The molecule has 2 aliphatic rings. The summed E-state index contributed by atoms with van der Waals surface area (Å²) in [6.45, 7) is 5.51. The van der Waals surface area contributed by atoms with E-state index in [0.717, 1.165) is 38.6 Å². The van der Waals surface area contributed by atoms with Gasteiger partial charge in [-0.25, -0.2) is 0 Å². The van der Waals surface area contributed by atoms with Gasteiger partial charge in [0.2, 0.25) is 5.91 Å². The molecule has 2 N–H and O–H groups in total. The second kappa shape index (κ2) is 10.8. The maximum absolute atomic E-state index is 11.8. The normalized spacial score (nSPS) is 18.5. The number of benzene rings is 1. The van der Waals surface area contributed by atoms with Gasteiger partial charge in [0.15, 0.2) is 5.96 Å². The van der Waals surface area contributed by atoms with Crippen molar-refractivity contribution in [3.05, 3.63) is 57.8 Å². The minimum atomic E-state index is 0.274. The molecule has 3 heterocycles. The quantitative estimate of drug-likeness (QED) is 0.489. The van der Waals surface area contributed by atoms with Crippen LogP contribution >= 0.6 is 11.3 Å². The Hall–Kier alpha value is -2.38. The zero-order chi connectivity index (χ0) is 21.5. The maximum atomic E-state index is 11.8. The molecule has 2 aromatic rings. The lowest BCUT2D eigenvalue weighted by atomic mass is 10.1. The molecule has 31 heavy (non-hydrogen) atoms. The third-order valence-electron chi connectivity index (χ3n) is 6.17. The van der Waals surface area contributed by atoms with Crippen molar-refractivity contribution in [3.8, 4) is 0 Å². The first-order valence-electron chi connectivity index (χ1n) is 11.3. The summed E-state index contributed by atoms with van der Waals surface area (Å²) in [5.41, 5.74) is 2.39. The van der Waals surface area contributed by atoms with E-state index in [1.54, 1.807) is 0 Å². The monoisotopic (exact) mass is 439 g/mol. The molecular weight excluding hydrogens is 406 g/mol. The SMILES string of the molecule is CN=C(NCc1ccc(CN2CCCC2=O)cc1)NCC(c1cccs1)N1CCCC1. The summed E-state index contributed by atoms with van der Waals surface area (Å²) in [4.78, 5) is 22.2. The fraction of sp³-hybridized carbons (Fsp3) is 0.500. The smallest absolute Gasteiger partial charge is 0.222 e. The average Bonchev–Trinajstić information content (AvgIpc) is 3.56. The van der Waals surface area contributed by atoms with Crippen molar-refractivity contribution in [2.75, 3.05) is 33.2 Å². The molecule has 2 aliphatic heterocycles. The predicted molar refractivity (Wildman–Crippen MR) is 127 cm³/mol. The first-order chi connectivity index (χ1) is 15.2. The Bertz CT molecular complexity index is 859. The molecule has 0 saturated carbocycles. The molecule has 0 aliphatic carbocycles. The van der Waals surface area contributed by atoms with Gasteiger partial charge in [-0.15, -0.1) is 11.3 Å². The first-order valence-corrected chi connectivity index (χ1v) is 12.2. The number of likely N-dealkylation sites (tertiary alicyclic amines) is 2. The van der Waals surface area contributed by atoms with E-state index in [9.17, 15) is 4.79 Å². The van der Waals surface area contributed by atoms with Crippen molar-refractivity contribution in [2.45, 2.75) is 44.8 Å². The zero-order valence-electron chi connectivity index (χ0n) is 18.3. The Kier molecular flexibility index (Phi) is 7.59. The molecule has 2 saturated heterocycles. The van der Waals surface area contributed by atoms with Crippen LogP contribution < -0.4 is 10.6 Å². The number of hydrogen-bond donors (Lipinski definition) is 2. The lowest BCUT2D eigenvalue weighted by Gasteiger charge is -2.27. The molecule has 1 atom stereocenters. The van der Waals surface area contributed by atoms with E-state index in [0.29, 0.717) is 12.5 Å². The number of carbonyl (C=O) groups is 1. The number of guanidine groups is 1. The molecule has 0 spiro atoms. The molecule has 166 valence electrons. The minimum Gasteiger partial charge on any atom is -0.354 e. The highest BCUT2D eigenvalue weighted by Crippen LogP contribution is 2.27. The van der Waals surface area contributed by atoms with Crippen LogP contribution in [0.5, 0.6) is 0 Å². The highest BCUT2D eigenvalue weighted by Gasteiger charge is 2.24. The fourth-order valence-corrected chi connectivity index (χ4v) is 5.26. The van der Waals surface area contributed by atoms with Gasteiger partial charge in [-0.3, -0.25) is 14.7 Å². The van der Waals surface area contributed by atoms with Crippen molar-refractivity contribution in [2.24, 2.45) is 4.99 Å². The van der Waals surface area contributed by atoms with Crippen LogP contribution in [-0.2, 0) is 17.9 Å². The maximum Gasteiger partial charge on any atom is 0.222 e. The molecule has 0 bridgehead atoms. The minimum absolute atomic E-state index is 0.274. The summed E-state index contributed by atoms with van der Waals surface area (Å²) in [6.07, 6.45) is 4.25. The van der Waals surface area contributed by atoms with Gasteiger partial charge in [-0.05, 0) is 54.9 Å². The topological polar surface area (TPSA) is 60.0 Å². The Morgan fingerprint density at radius 3 is 2.48 bits per heavy atom. The van der Waals surface area contributed by atoms with Crippen LogP contribution in [0, 0.1) is 0 Å². The van der Waals surface area contributed by atoms with Crippen LogP contribution in [0.3, 0.4) is 0 Å². The Labute approximate surface area is 189 Å². The van der Waals surface area contributed by atoms with E-state index >= 15 is 0 Å². The van der Waals surface area contributed by atoms with Crippen LogP contribution in [0.4, 0.5) is 0 Å². The average molecular weight is 440 g/mol. The van der Waals surface area contributed by atoms with Crippen molar-refractivity contribution in [1.82, 2.24) is 20.4 Å². The largest absolute Gasteiger partial charge is 0.354 e. The van der Waals surface area contributed by atoms with Gasteiger partial charge in [0, 0.05) is 44.5 Å². The number of amides is 1. The Balaban J connectivity index is 1.27. The van der Waals surface area contributed by atoms with Gasteiger partial charge in [0.25, 0.3) is 0 Å². The molecule has 2 fully saturated rings. The molecule has 1 unspecified atom stereocenters. The third kappa shape index (κ3) is 5.86. The summed E-state index contributed by atoms with van der Waals surface area (Å²) in [5.74, 6) is 1.10. The number of nitrogens with one attached hydrogen (secondary N) is 2. The summed E-state index contributed by atoms with van der Waals surface area (Å²) < 4.78 is 0. The second-order valence-electron chi connectivity index (χ2n) is 8.32. The molecule has 7 heteroatoms. The number of rotatable bonds is 8. The highest BCUT2D eigenvalue weighted by atomic mass is 32.1. The van der Waals surface area contributed by atoms with Crippen LogP contribution in [-0.4, -0.2) is 54.9 Å². The van der Waals surface area contributed by atoms with Crippen LogP contribution in [0.2, 0.25) is 0 Å². The predicted octanol–water partition coefficient (Wildman–Crippen LogP) is 3.37. The van der Waals surface area contributed by atoms with E-state index in [-0.39, 0.29) is 5.91 Å². The zero-order valence-corrected chi connectivity index (χ0v) is 19.2. The fourth-order valence-electron chi connectivity index (χ4n) is 4.40. The molecule has 1 aromatic heterocycles. The number of aliphatic imine (C=N–C) groups is 1. The molecular formula is C24H33N5OS. The highest BCUT2D eigenvalue weighted by molar-refractivity contribution is 7.10. The van der Waals surface area contributed by atoms with Gasteiger partial charge < -0.3 is 15.5 Å². The Morgan fingerprint density at radius 1 is 1.06 bits per heavy atom. The summed E-state index contributed by atoms with van der Waals surface area (Å²) in [7, 11) is 1.82. The second-order valence-corrected chi connectivity index (χ2v) is 9.30. The van der Waals surface area contributed by atoms with Crippen molar-refractivity contribution >= 4 is 23.2 Å². The van der Waals surface area contributed by atoms with Gasteiger partial charge in [-0.2, -0.15) is 0 Å². The molecule has 1 amide bonds. The van der Waals surface area contributed by atoms with Crippen molar-refractivity contribution in [3.63, 3.8) is 0 Å². The van der Waals surface area contributed by atoms with Crippen LogP contribution in [0.15, 0.2) is 46.8 Å². The molecule has 0 radical (unpaired) electrons. The van der Waals surface area contributed by atoms with Gasteiger partial charge in [0.1, 0.15) is 0 Å². The number of carbonyl (C=O) groups excluding carboxylic acids is 1. The number of thiophene rings is 1. The van der Waals surface area contributed by atoms with Crippen LogP contribution in [0.25, 0.3) is 0 Å². The van der Waals surface area contributed by atoms with E-state index < -0.39 is 0 Å². The third-order valence-corrected chi connectivity index (χ3v) is 7.14. The number of nitrogens with zero attached hydrogens (tertiary/aromatic N) is 3. The van der Waals surface area contributed by atoms with Gasteiger partial charge in [-0.1, -0.05) is 30.3 Å². The molecule has 4 rings (SSSR count). The van der Waals surface area contributed by atoms with E-state index in [2.05, 4.69) is 62.3 Å². The summed E-state index contributed by atoms with van der Waals surface area (Å²) >= 11 is 1.83. The standard InChI is InChI=1S/C24H33N5OS/c1-25-24(27-17-21(22-6-5-15-31-22)28-12-2-3-13-28)26-16-19-8-10-20(11-9-19)18-29-14-4-7-23(29)30/h5-6,8-11,15,21H,2-4,7,12-14,16-18H2,1H3,(H2,25,26,27). The molecule has 6 nitrogen and oxygen atoms in total. The van der Waals surface area contributed by atoms with E-state index in [1.165, 1.54) is 41.9 Å². The summed E-state index contributed by atoms with van der Waals surface area (Å²) in [5, 5.41) is 9.13. The van der Waals surface area contributed by atoms with Crippen LogP contribution in [0.1, 0.15) is 47.7 Å².